The van der Waals surface area contributed by atoms with Crippen LogP contribution in [-0.2, 0) is 4.74 Å². The number of nitrogens with one attached hydrogen (secondary N) is 1. The Morgan fingerprint density at radius 3 is 3.12 bits per heavy atom. The molecule has 5 heteroatoms. The molecule has 2 atom stereocenters. The molecule has 1 aromatic rings. The molecule has 0 bridgehead atoms. The van der Waals surface area contributed by atoms with E-state index in [1.165, 1.54) is 18.4 Å². The molecule has 96 valence electrons. The standard InChI is InChI=1S/C12H19BrN2OS/c13-12-7-9(8-17-12)11(15-14)5-1-3-10-4-2-6-16-10/h7-8,10-11,15H,1-6,14H2. The molecule has 0 radical (unpaired) electrons. The van der Waals surface area contributed by atoms with Gasteiger partial charge in [0.2, 0.25) is 0 Å². The average Bonchev–Trinajstić information content (AvgIpc) is 2.96. The molecular weight excluding hydrogens is 300 g/mol. The Bertz CT molecular complexity index is 339. The fourth-order valence-corrected chi connectivity index (χ4v) is 3.50. The number of hydrogen-bond acceptors (Lipinski definition) is 4. The van der Waals surface area contributed by atoms with Crippen LogP contribution in [0.3, 0.4) is 0 Å². The highest BCUT2D eigenvalue weighted by Gasteiger charge is 2.17. The third-order valence-electron chi connectivity index (χ3n) is 3.23. The fourth-order valence-electron chi connectivity index (χ4n) is 2.27. The van der Waals surface area contributed by atoms with Crippen molar-refractivity contribution in [3.63, 3.8) is 0 Å². The first-order chi connectivity index (χ1) is 8.29. The molecule has 3 N–H and O–H groups in total. The van der Waals surface area contributed by atoms with Gasteiger partial charge in [-0.3, -0.25) is 11.3 Å². The van der Waals surface area contributed by atoms with E-state index in [0.29, 0.717) is 6.10 Å². The lowest BCUT2D eigenvalue weighted by Gasteiger charge is -2.15. The minimum atomic E-state index is 0.263. The van der Waals surface area contributed by atoms with Crippen molar-refractivity contribution in [3.8, 4) is 0 Å². The SMILES string of the molecule is NNC(CCCC1CCCO1)c1csc(Br)c1. The van der Waals surface area contributed by atoms with Gasteiger partial charge in [-0.1, -0.05) is 0 Å². The molecule has 1 aliphatic rings. The minimum Gasteiger partial charge on any atom is -0.378 e. The lowest BCUT2D eigenvalue weighted by Crippen LogP contribution is -2.27. The van der Waals surface area contributed by atoms with E-state index in [9.17, 15) is 0 Å². The minimum absolute atomic E-state index is 0.263. The number of hydrogen-bond donors (Lipinski definition) is 2. The molecule has 2 rings (SSSR count). The zero-order chi connectivity index (χ0) is 12.1. The van der Waals surface area contributed by atoms with Crippen molar-refractivity contribution in [2.24, 2.45) is 5.84 Å². The highest BCUT2D eigenvalue weighted by molar-refractivity contribution is 9.11. The summed E-state index contributed by atoms with van der Waals surface area (Å²) in [7, 11) is 0. The van der Waals surface area contributed by atoms with Gasteiger partial charge in [0.15, 0.2) is 0 Å². The number of ether oxygens (including phenoxy) is 1. The van der Waals surface area contributed by atoms with Gasteiger partial charge in [-0.25, -0.2) is 0 Å². The summed E-state index contributed by atoms with van der Waals surface area (Å²) in [6, 6.07) is 2.40. The highest BCUT2D eigenvalue weighted by atomic mass is 79.9. The monoisotopic (exact) mass is 318 g/mol. The first-order valence-electron chi connectivity index (χ1n) is 6.11. The molecule has 0 aliphatic carbocycles. The number of thiophene rings is 1. The van der Waals surface area contributed by atoms with E-state index in [1.54, 1.807) is 11.3 Å². The zero-order valence-corrected chi connectivity index (χ0v) is 12.2. The lowest BCUT2D eigenvalue weighted by atomic mass is 10.0. The Kier molecular flexibility index (Phi) is 5.44. The topological polar surface area (TPSA) is 47.3 Å². The van der Waals surface area contributed by atoms with Crippen LogP contribution < -0.4 is 11.3 Å². The number of hydrazine groups is 1. The van der Waals surface area contributed by atoms with Crippen LogP contribution >= 0.6 is 27.3 Å². The largest absolute Gasteiger partial charge is 0.378 e. The van der Waals surface area contributed by atoms with Crippen LogP contribution in [0, 0.1) is 0 Å². The average molecular weight is 319 g/mol. The van der Waals surface area contributed by atoms with Crippen LogP contribution in [0.5, 0.6) is 0 Å². The van der Waals surface area contributed by atoms with E-state index in [4.69, 9.17) is 10.6 Å². The predicted molar refractivity (Wildman–Crippen MR) is 74.9 cm³/mol. The maximum absolute atomic E-state index is 5.62. The van der Waals surface area contributed by atoms with Crippen molar-refractivity contribution in [1.82, 2.24) is 5.43 Å². The van der Waals surface area contributed by atoms with Gasteiger partial charge in [0.1, 0.15) is 0 Å². The van der Waals surface area contributed by atoms with E-state index in [0.717, 1.165) is 29.7 Å². The second-order valence-corrected chi connectivity index (χ2v) is 6.76. The van der Waals surface area contributed by atoms with Crippen molar-refractivity contribution < 1.29 is 4.74 Å². The number of nitrogens with two attached hydrogens (primary N) is 1. The molecule has 1 aromatic heterocycles. The van der Waals surface area contributed by atoms with Crippen molar-refractivity contribution >= 4 is 27.3 Å². The predicted octanol–water partition coefficient (Wildman–Crippen LogP) is 3.36. The van der Waals surface area contributed by atoms with Gasteiger partial charge in [-0.2, -0.15) is 0 Å². The quantitative estimate of drug-likeness (QED) is 0.624. The number of rotatable bonds is 6. The van der Waals surface area contributed by atoms with E-state index >= 15 is 0 Å². The van der Waals surface area contributed by atoms with Gasteiger partial charge in [0.25, 0.3) is 0 Å². The molecule has 1 aliphatic heterocycles. The summed E-state index contributed by atoms with van der Waals surface area (Å²) in [6.07, 6.45) is 6.32. The first kappa shape index (κ1) is 13.5. The summed E-state index contributed by atoms with van der Waals surface area (Å²) in [5.74, 6) is 5.62. The molecular formula is C12H19BrN2OS. The van der Waals surface area contributed by atoms with E-state index in [2.05, 4.69) is 32.8 Å². The Morgan fingerprint density at radius 2 is 2.53 bits per heavy atom. The van der Waals surface area contributed by atoms with Crippen molar-refractivity contribution in [1.29, 1.82) is 0 Å². The Morgan fingerprint density at radius 1 is 1.65 bits per heavy atom. The summed E-state index contributed by atoms with van der Waals surface area (Å²) >= 11 is 5.18. The van der Waals surface area contributed by atoms with Crippen LogP contribution in [0.1, 0.15) is 43.7 Å². The van der Waals surface area contributed by atoms with Gasteiger partial charge in [-0.05, 0) is 65.0 Å². The maximum Gasteiger partial charge on any atom is 0.0701 e. The third kappa shape index (κ3) is 4.03. The second kappa shape index (κ2) is 6.85. The highest BCUT2D eigenvalue weighted by Crippen LogP contribution is 2.28. The normalized spacial score (nSPS) is 21.9. The molecule has 0 aromatic carbocycles. The molecule has 0 saturated carbocycles. The molecule has 1 fully saturated rings. The van der Waals surface area contributed by atoms with E-state index in [1.807, 2.05) is 0 Å². The summed E-state index contributed by atoms with van der Waals surface area (Å²) in [4.78, 5) is 0. The van der Waals surface area contributed by atoms with Crippen molar-refractivity contribution in [3.05, 3.63) is 20.8 Å². The Hall–Kier alpha value is 0.0600. The molecule has 1 saturated heterocycles. The fraction of sp³-hybridized carbons (Fsp3) is 0.667. The number of halogens is 1. The summed E-state index contributed by atoms with van der Waals surface area (Å²) in [5, 5.41) is 2.15. The van der Waals surface area contributed by atoms with Gasteiger partial charge < -0.3 is 4.74 Å². The van der Waals surface area contributed by atoms with Gasteiger partial charge in [-0.15, -0.1) is 11.3 Å². The molecule has 0 amide bonds. The van der Waals surface area contributed by atoms with Crippen LogP contribution in [-0.4, -0.2) is 12.7 Å². The summed E-state index contributed by atoms with van der Waals surface area (Å²) < 4.78 is 6.78. The van der Waals surface area contributed by atoms with Gasteiger partial charge >= 0.3 is 0 Å². The molecule has 0 spiro atoms. The van der Waals surface area contributed by atoms with Crippen LogP contribution in [0.15, 0.2) is 15.2 Å². The zero-order valence-electron chi connectivity index (χ0n) is 9.82. The van der Waals surface area contributed by atoms with E-state index < -0.39 is 0 Å². The molecule has 2 heterocycles. The smallest absolute Gasteiger partial charge is 0.0701 e. The van der Waals surface area contributed by atoms with Crippen LogP contribution in [0.25, 0.3) is 0 Å². The van der Waals surface area contributed by atoms with Gasteiger partial charge in [0.05, 0.1) is 9.89 Å². The van der Waals surface area contributed by atoms with Gasteiger partial charge in [0, 0.05) is 12.6 Å². The van der Waals surface area contributed by atoms with E-state index in [-0.39, 0.29) is 6.04 Å². The van der Waals surface area contributed by atoms with Crippen LogP contribution in [0.4, 0.5) is 0 Å². The molecule has 17 heavy (non-hydrogen) atoms. The van der Waals surface area contributed by atoms with Crippen LogP contribution in [0.2, 0.25) is 0 Å². The second-order valence-electron chi connectivity index (χ2n) is 4.47. The van der Waals surface area contributed by atoms with Crippen molar-refractivity contribution in [2.45, 2.75) is 44.2 Å². The Balaban J connectivity index is 1.75. The van der Waals surface area contributed by atoms with Crippen molar-refractivity contribution in [2.75, 3.05) is 6.61 Å². The Labute approximate surface area is 115 Å². The summed E-state index contributed by atoms with van der Waals surface area (Å²) in [6.45, 7) is 0.945. The lowest BCUT2D eigenvalue weighted by molar-refractivity contribution is 0.101. The summed E-state index contributed by atoms with van der Waals surface area (Å²) in [5.41, 5.74) is 4.18. The maximum atomic E-state index is 5.62. The third-order valence-corrected chi connectivity index (χ3v) is 4.76. The molecule has 3 nitrogen and oxygen atoms in total. The molecule has 2 unspecified atom stereocenters. The first-order valence-corrected chi connectivity index (χ1v) is 7.78.